The highest BCUT2D eigenvalue weighted by Crippen LogP contribution is 2.33. The van der Waals surface area contributed by atoms with Crippen molar-refractivity contribution in [3.8, 4) is 0 Å². The van der Waals surface area contributed by atoms with E-state index in [0.29, 0.717) is 16.7 Å². The number of hydrogen-bond donors (Lipinski definition) is 0. The average Bonchev–Trinajstić information content (AvgIpc) is 2.16. The summed E-state index contributed by atoms with van der Waals surface area (Å²) >= 11 is 9.87. The van der Waals surface area contributed by atoms with Crippen molar-refractivity contribution in [2.24, 2.45) is 5.92 Å². The van der Waals surface area contributed by atoms with Crippen LogP contribution in [-0.4, -0.2) is 4.83 Å². The Morgan fingerprint density at radius 3 is 2.21 bits per heavy atom. The Kier molecular flexibility index (Phi) is 4.46. The highest BCUT2D eigenvalue weighted by molar-refractivity contribution is 9.09. The van der Waals surface area contributed by atoms with Gasteiger partial charge in [-0.05, 0) is 23.5 Å². The minimum absolute atomic E-state index is 0.448. The third-order valence-electron chi connectivity index (χ3n) is 2.51. The standard InChI is InChI=1S/C12H16BrCl/c1-8(2)12(13)9(3)10-6-4-5-7-11(10)14/h4-9,12H,1-3H3. The summed E-state index contributed by atoms with van der Waals surface area (Å²) in [7, 11) is 0. The summed E-state index contributed by atoms with van der Waals surface area (Å²) in [5.74, 6) is 1.06. The Balaban J connectivity index is 2.89. The van der Waals surface area contributed by atoms with E-state index in [2.05, 4.69) is 42.8 Å². The van der Waals surface area contributed by atoms with Crippen molar-refractivity contribution in [3.05, 3.63) is 34.9 Å². The van der Waals surface area contributed by atoms with Crippen LogP contribution in [0.15, 0.2) is 24.3 Å². The molecule has 2 heteroatoms. The smallest absolute Gasteiger partial charge is 0.0441 e. The van der Waals surface area contributed by atoms with E-state index in [0.717, 1.165) is 5.02 Å². The average molecular weight is 276 g/mol. The van der Waals surface area contributed by atoms with Crippen LogP contribution in [0.2, 0.25) is 5.02 Å². The Labute approximate surface area is 99.8 Å². The molecule has 1 aromatic carbocycles. The number of hydrogen-bond acceptors (Lipinski definition) is 0. The first-order valence-corrected chi connectivity index (χ1v) is 6.22. The second kappa shape index (κ2) is 5.18. The zero-order valence-corrected chi connectivity index (χ0v) is 11.1. The van der Waals surface area contributed by atoms with Crippen molar-refractivity contribution >= 4 is 27.5 Å². The normalized spacial score (nSPS) is 15.6. The molecule has 0 nitrogen and oxygen atoms in total. The van der Waals surface area contributed by atoms with Gasteiger partial charge in [-0.1, -0.05) is 66.5 Å². The highest BCUT2D eigenvalue weighted by atomic mass is 79.9. The van der Waals surface area contributed by atoms with Gasteiger partial charge in [0.2, 0.25) is 0 Å². The molecule has 78 valence electrons. The summed E-state index contributed by atoms with van der Waals surface area (Å²) in [5.41, 5.74) is 1.23. The summed E-state index contributed by atoms with van der Waals surface area (Å²) in [6.07, 6.45) is 0. The molecule has 0 radical (unpaired) electrons. The van der Waals surface area contributed by atoms with Crippen LogP contribution in [0, 0.1) is 5.92 Å². The molecule has 0 aliphatic carbocycles. The Morgan fingerprint density at radius 1 is 1.14 bits per heavy atom. The van der Waals surface area contributed by atoms with Crippen LogP contribution in [0.4, 0.5) is 0 Å². The van der Waals surface area contributed by atoms with E-state index in [1.165, 1.54) is 5.56 Å². The highest BCUT2D eigenvalue weighted by Gasteiger charge is 2.20. The Bertz CT molecular complexity index is 296. The van der Waals surface area contributed by atoms with Crippen LogP contribution in [0.3, 0.4) is 0 Å². The van der Waals surface area contributed by atoms with Gasteiger partial charge in [0.25, 0.3) is 0 Å². The van der Waals surface area contributed by atoms with Crippen molar-refractivity contribution in [1.29, 1.82) is 0 Å². The van der Waals surface area contributed by atoms with Crippen molar-refractivity contribution < 1.29 is 0 Å². The van der Waals surface area contributed by atoms with Gasteiger partial charge >= 0.3 is 0 Å². The Morgan fingerprint density at radius 2 is 1.71 bits per heavy atom. The lowest BCUT2D eigenvalue weighted by molar-refractivity contribution is 0.550. The molecule has 0 amide bonds. The molecule has 0 spiro atoms. The molecule has 1 rings (SSSR count). The summed E-state index contributed by atoms with van der Waals surface area (Å²) in [5, 5.41) is 0.866. The lowest BCUT2D eigenvalue weighted by atomic mass is 9.92. The van der Waals surface area contributed by atoms with Crippen molar-refractivity contribution in [2.45, 2.75) is 31.5 Å². The van der Waals surface area contributed by atoms with Gasteiger partial charge in [0.15, 0.2) is 0 Å². The SMILES string of the molecule is CC(C)C(Br)C(C)c1ccccc1Cl. The fourth-order valence-electron chi connectivity index (χ4n) is 1.59. The first kappa shape index (κ1) is 12.1. The molecule has 0 N–H and O–H groups in total. The van der Waals surface area contributed by atoms with Crippen LogP contribution in [0.5, 0.6) is 0 Å². The fourth-order valence-corrected chi connectivity index (χ4v) is 2.19. The van der Waals surface area contributed by atoms with E-state index in [1.54, 1.807) is 0 Å². The van der Waals surface area contributed by atoms with Gasteiger partial charge in [0.1, 0.15) is 0 Å². The maximum absolute atomic E-state index is 6.15. The van der Waals surface area contributed by atoms with Crippen molar-refractivity contribution in [1.82, 2.24) is 0 Å². The van der Waals surface area contributed by atoms with Crippen molar-refractivity contribution in [3.63, 3.8) is 0 Å². The maximum Gasteiger partial charge on any atom is 0.0441 e. The molecular weight excluding hydrogens is 259 g/mol. The van der Waals surface area contributed by atoms with E-state index in [-0.39, 0.29) is 0 Å². The minimum Gasteiger partial charge on any atom is -0.0881 e. The summed E-state index contributed by atoms with van der Waals surface area (Å²) in [4.78, 5) is 0.474. The second-order valence-electron chi connectivity index (χ2n) is 4.00. The van der Waals surface area contributed by atoms with E-state index in [1.807, 2.05) is 18.2 Å². The summed E-state index contributed by atoms with van der Waals surface area (Å²) in [6.45, 7) is 6.64. The topological polar surface area (TPSA) is 0 Å². The zero-order valence-electron chi connectivity index (χ0n) is 8.80. The molecule has 0 saturated heterocycles. The van der Waals surface area contributed by atoms with Crippen LogP contribution in [0.25, 0.3) is 0 Å². The molecule has 0 fully saturated rings. The van der Waals surface area contributed by atoms with Gasteiger partial charge in [-0.3, -0.25) is 0 Å². The first-order valence-electron chi connectivity index (χ1n) is 4.92. The van der Waals surface area contributed by atoms with Crippen LogP contribution in [-0.2, 0) is 0 Å². The second-order valence-corrected chi connectivity index (χ2v) is 5.46. The third kappa shape index (κ3) is 2.74. The van der Waals surface area contributed by atoms with Crippen LogP contribution < -0.4 is 0 Å². The molecule has 2 atom stereocenters. The number of halogens is 2. The Hall–Kier alpha value is -0.0100. The van der Waals surface area contributed by atoms with Crippen LogP contribution >= 0.6 is 27.5 Å². The molecule has 0 aromatic heterocycles. The van der Waals surface area contributed by atoms with Gasteiger partial charge in [0, 0.05) is 9.85 Å². The van der Waals surface area contributed by atoms with Crippen LogP contribution in [0.1, 0.15) is 32.3 Å². The molecule has 0 aliphatic heterocycles. The van der Waals surface area contributed by atoms with E-state index < -0.39 is 0 Å². The van der Waals surface area contributed by atoms with Gasteiger partial charge in [-0.2, -0.15) is 0 Å². The predicted molar refractivity (Wildman–Crippen MR) is 67.4 cm³/mol. The molecule has 14 heavy (non-hydrogen) atoms. The quantitative estimate of drug-likeness (QED) is 0.691. The molecular formula is C12H16BrCl. The number of benzene rings is 1. The molecule has 0 aliphatic rings. The summed E-state index contributed by atoms with van der Waals surface area (Å²) < 4.78 is 0. The van der Waals surface area contributed by atoms with E-state index in [9.17, 15) is 0 Å². The molecule has 0 saturated carbocycles. The lowest BCUT2D eigenvalue weighted by Gasteiger charge is -2.22. The van der Waals surface area contributed by atoms with Gasteiger partial charge in [-0.15, -0.1) is 0 Å². The third-order valence-corrected chi connectivity index (χ3v) is 4.70. The molecule has 1 aromatic rings. The predicted octanol–water partition coefficient (Wildman–Crippen LogP) is 4.86. The first-order chi connectivity index (χ1) is 6.54. The van der Waals surface area contributed by atoms with Gasteiger partial charge in [-0.25, -0.2) is 0 Å². The minimum atomic E-state index is 0.448. The van der Waals surface area contributed by atoms with Crippen molar-refractivity contribution in [2.75, 3.05) is 0 Å². The lowest BCUT2D eigenvalue weighted by Crippen LogP contribution is -2.15. The van der Waals surface area contributed by atoms with Gasteiger partial charge < -0.3 is 0 Å². The number of rotatable bonds is 3. The van der Waals surface area contributed by atoms with E-state index >= 15 is 0 Å². The maximum atomic E-state index is 6.15. The zero-order chi connectivity index (χ0) is 10.7. The molecule has 0 heterocycles. The molecule has 0 bridgehead atoms. The van der Waals surface area contributed by atoms with E-state index in [4.69, 9.17) is 11.6 Å². The summed E-state index contributed by atoms with van der Waals surface area (Å²) in [6, 6.07) is 8.06. The monoisotopic (exact) mass is 274 g/mol. The number of alkyl halides is 1. The largest absolute Gasteiger partial charge is 0.0881 e. The molecule has 2 unspecified atom stereocenters. The fraction of sp³-hybridized carbons (Fsp3) is 0.500. The van der Waals surface area contributed by atoms with Gasteiger partial charge in [0.05, 0.1) is 0 Å².